The maximum atomic E-state index is 12.5. The van der Waals surface area contributed by atoms with E-state index in [0.29, 0.717) is 367 Å². The van der Waals surface area contributed by atoms with Crippen molar-refractivity contribution in [1.82, 2.24) is 15.5 Å². The summed E-state index contributed by atoms with van der Waals surface area (Å²) in [4.78, 5) is 41.5. The van der Waals surface area contributed by atoms with E-state index in [2.05, 4.69) is 53.4 Å². The average Bonchev–Trinajstić information content (AvgIpc) is 0.838. The van der Waals surface area contributed by atoms with E-state index in [4.69, 9.17) is 139 Å². The van der Waals surface area contributed by atoms with Crippen molar-refractivity contribution in [3.63, 3.8) is 0 Å². The van der Waals surface area contributed by atoms with Gasteiger partial charge in [-0.05, 0) is 92.9 Å². The van der Waals surface area contributed by atoms with Crippen LogP contribution >= 0.6 is 11.6 Å². The van der Waals surface area contributed by atoms with Crippen LogP contribution in [-0.2, 0) is 138 Å². The van der Waals surface area contributed by atoms with Crippen molar-refractivity contribution in [2.75, 3.05) is 424 Å². The van der Waals surface area contributed by atoms with E-state index < -0.39 is 0 Å². The number of methoxy groups -OCH3 is 1. The van der Waals surface area contributed by atoms with Crippen molar-refractivity contribution >= 4 is 57.8 Å². The Morgan fingerprint density at radius 1 is 0.282 bits per heavy atom. The number of para-hydroxylation sites is 2. The van der Waals surface area contributed by atoms with Gasteiger partial charge in [-0.2, -0.15) is 10.2 Å². The fourth-order valence-corrected chi connectivity index (χ4v) is 11.8. The molecule has 1 heterocycles. The van der Waals surface area contributed by atoms with Gasteiger partial charge in [-0.25, -0.2) is 0 Å². The number of piperazine rings is 1. The Bertz CT molecular complexity index is 3010. The highest BCUT2D eigenvalue weighted by molar-refractivity contribution is 6.17. The van der Waals surface area contributed by atoms with Gasteiger partial charge in [0.15, 0.2) is 0 Å². The van der Waals surface area contributed by atoms with Gasteiger partial charge < -0.3 is 154 Å². The molecule has 1 aliphatic heterocycles. The number of carbonyl (C=O) groups is 3. The molecule has 0 aromatic heterocycles. The summed E-state index contributed by atoms with van der Waals surface area (Å²) in [7, 11) is 1.73. The van der Waals surface area contributed by atoms with Crippen LogP contribution in [0.15, 0.2) is 83.0 Å². The highest BCUT2D eigenvalue weighted by atomic mass is 35.5. The SMILES string of the molecule is COc1ccccc1N1CCN(CCCCNc2ccc(N=Nc3ccc(NC(=O)CCOCCOCCOCCOCCOCCOCCOCCOCCOCCOCCOCCOCCOCCOCCOCCOCCOCCOCCOCCOCCOCCOCCOCCOCCNC(=O)CCC(=O)NCCOCCOCCCCCCCl)cc3)cc2)CC1. The maximum Gasteiger partial charge on any atom is 0.226 e. The smallest absolute Gasteiger partial charge is 0.226 e. The lowest BCUT2D eigenvalue weighted by Crippen LogP contribution is -2.46. The summed E-state index contributed by atoms with van der Waals surface area (Å²) < 4.78 is 150. The second-order valence-corrected chi connectivity index (χ2v) is 29.3. The lowest BCUT2D eigenvalue weighted by Gasteiger charge is -2.36. The van der Waals surface area contributed by atoms with E-state index in [1.807, 2.05) is 48.5 Å². The Labute approximate surface area is 783 Å². The molecule has 0 spiro atoms. The van der Waals surface area contributed by atoms with Gasteiger partial charge in [-0.15, -0.1) is 11.6 Å². The van der Waals surface area contributed by atoms with E-state index >= 15 is 0 Å². The maximum absolute atomic E-state index is 12.5. The first-order chi connectivity index (χ1) is 64.9. The van der Waals surface area contributed by atoms with Gasteiger partial charge in [0.05, 0.1) is 368 Å². The third-order valence-corrected chi connectivity index (χ3v) is 18.9. The van der Waals surface area contributed by atoms with Crippen molar-refractivity contribution in [1.29, 1.82) is 0 Å². The molecule has 0 unspecified atom stereocenters. The molecule has 4 N–H and O–H groups in total. The Balaban J connectivity index is 0.708. The summed E-state index contributed by atoms with van der Waals surface area (Å²) in [6.45, 7) is 30.6. The van der Waals surface area contributed by atoms with Crippen LogP contribution < -0.4 is 30.9 Å². The summed E-state index contributed by atoms with van der Waals surface area (Å²) >= 11 is 5.67. The first-order valence-electron chi connectivity index (χ1n) is 46.8. The third-order valence-electron chi connectivity index (χ3n) is 18.6. The summed E-state index contributed by atoms with van der Waals surface area (Å²) in [6, 6.07) is 23.4. The number of anilines is 3. The highest BCUT2D eigenvalue weighted by Gasteiger charge is 2.20. The molecule has 1 fully saturated rings. The first kappa shape index (κ1) is 118. The normalized spacial score (nSPS) is 12.5. The number of azo groups is 1. The molecule has 1 saturated heterocycles. The zero-order valence-electron chi connectivity index (χ0n) is 78.3. The number of alkyl halides is 1. The summed E-state index contributed by atoms with van der Waals surface area (Å²) in [5, 5.41) is 20.7. The molecule has 1 aliphatic rings. The Morgan fingerprint density at radius 2 is 0.565 bits per heavy atom. The van der Waals surface area contributed by atoms with Crippen molar-refractivity contribution < 1.29 is 142 Å². The minimum atomic E-state index is -0.207. The van der Waals surface area contributed by atoms with Gasteiger partial charge in [0.25, 0.3) is 0 Å². The van der Waals surface area contributed by atoms with Crippen molar-refractivity contribution in [3.05, 3.63) is 72.8 Å². The average molecular weight is 1890 g/mol. The van der Waals surface area contributed by atoms with Gasteiger partial charge >= 0.3 is 0 Å². The molecule has 0 saturated carbocycles. The topological polar surface area (TPSA) is 380 Å². The molecule has 38 nitrogen and oxygen atoms in total. The van der Waals surface area contributed by atoms with Crippen molar-refractivity contribution in [2.45, 2.75) is 57.8 Å². The summed E-state index contributed by atoms with van der Waals surface area (Å²) in [5.74, 6) is 1.10. The van der Waals surface area contributed by atoms with Crippen molar-refractivity contribution in [2.24, 2.45) is 10.2 Å². The van der Waals surface area contributed by atoms with E-state index in [9.17, 15) is 14.4 Å². The monoisotopic (exact) mass is 1890 g/mol. The fraction of sp³-hybridized carbons (Fsp3) is 0.772. The third kappa shape index (κ3) is 77.1. The van der Waals surface area contributed by atoms with Crippen LogP contribution in [-0.4, -0.2) is 432 Å². The minimum absolute atomic E-state index is 0.104. The zero-order valence-corrected chi connectivity index (χ0v) is 79.1. The zero-order chi connectivity index (χ0) is 92.7. The summed E-state index contributed by atoms with van der Waals surface area (Å²) in [6.07, 6.45) is 6.97. The van der Waals surface area contributed by atoms with E-state index in [0.717, 1.165) is 94.9 Å². The number of benzene rings is 3. The molecule has 3 amide bonds. The van der Waals surface area contributed by atoms with Gasteiger partial charge in [-0.1, -0.05) is 25.0 Å². The van der Waals surface area contributed by atoms with Gasteiger partial charge in [0, 0.05) is 82.5 Å². The predicted molar refractivity (Wildman–Crippen MR) is 495 cm³/mol. The largest absolute Gasteiger partial charge is 0.495 e. The van der Waals surface area contributed by atoms with Crippen LogP contribution in [0.2, 0.25) is 0 Å². The Kier molecular flexibility index (Phi) is 83.8. The van der Waals surface area contributed by atoms with Crippen LogP contribution in [0.1, 0.15) is 57.8 Å². The molecule has 0 atom stereocenters. The second-order valence-electron chi connectivity index (χ2n) is 29.0. The fourth-order valence-electron chi connectivity index (χ4n) is 11.6. The number of carbonyl (C=O) groups excluding carboxylic acids is 3. The molecule has 0 radical (unpaired) electrons. The number of unbranched alkanes of at least 4 members (excludes halogenated alkanes) is 4. The van der Waals surface area contributed by atoms with Gasteiger partial charge in [0.2, 0.25) is 17.7 Å². The molecule has 3 aromatic rings. The number of ether oxygens (including phenoxy) is 27. The minimum Gasteiger partial charge on any atom is -0.495 e. The second kappa shape index (κ2) is 93.3. The van der Waals surface area contributed by atoms with Crippen LogP contribution in [0.5, 0.6) is 5.75 Å². The quantitative estimate of drug-likeness (QED) is 0.0239. The number of rotatable bonds is 101. The number of nitrogens with zero attached hydrogens (tertiary/aromatic N) is 4. The molecule has 754 valence electrons. The van der Waals surface area contributed by atoms with E-state index in [1.54, 1.807) is 19.2 Å². The molecule has 0 aliphatic carbocycles. The molecule has 3 aromatic carbocycles. The van der Waals surface area contributed by atoms with Crippen molar-refractivity contribution in [3.8, 4) is 5.75 Å². The van der Waals surface area contributed by atoms with Crippen LogP contribution in [0, 0.1) is 0 Å². The van der Waals surface area contributed by atoms with Gasteiger partial charge in [0.1, 0.15) is 5.75 Å². The standard InChI is InChI=1S/C92H159ClN8O30/c1-105-89-11-5-4-10-88(89)101-30-28-100(29-31-101)27-8-7-24-94-84-12-16-86(17-13-84)98-99-87-18-14-85(15-19-87)97-92(104)22-33-107-37-40-110-42-44-112-46-48-114-50-52-116-54-56-118-58-60-120-62-64-122-66-68-124-70-72-126-74-76-128-78-80-130-82-83-131-81-79-129-77-75-127-73-71-125-69-67-123-65-63-121-61-59-119-57-55-117-53-51-115-49-47-113-45-43-111-41-39-109-35-26-96-91(103)21-20-90(102)95-25-34-108-38-36-106-32-9-3-2-6-23-93/h4-5,10-19,94H,2-3,6-9,20-83H2,1H3,(H,95,102)(H,96,103)(H,97,104). The Morgan fingerprint density at radius 3 is 0.878 bits per heavy atom. The molecule has 4 rings (SSSR count). The summed E-state index contributed by atoms with van der Waals surface area (Å²) in [5.41, 5.74) is 4.35. The number of halogens is 1. The molecular formula is C92H159ClN8O30. The number of amides is 3. The molecule has 39 heteroatoms. The van der Waals surface area contributed by atoms with Crippen LogP contribution in [0.25, 0.3) is 0 Å². The predicted octanol–water partition coefficient (Wildman–Crippen LogP) is 7.70. The number of nitrogens with one attached hydrogen (secondary N) is 4. The number of hydrogen-bond acceptors (Lipinski definition) is 35. The lowest BCUT2D eigenvalue weighted by molar-refractivity contribution is -0.126. The molecular weight excluding hydrogens is 1730 g/mol. The van der Waals surface area contributed by atoms with Crippen LogP contribution in [0.3, 0.4) is 0 Å². The van der Waals surface area contributed by atoms with Gasteiger partial charge in [-0.3, -0.25) is 19.3 Å². The first-order valence-corrected chi connectivity index (χ1v) is 47.3. The van der Waals surface area contributed by atoms with Crippen LogP contribution in [0.4, 0.5) is 28.4 Å². The van der Waals surface area contributed by atoms with E-state index in [-0.39, 0.29) is 43.6 Å². The van der Waals surface area contributed by atoms with E-state index in [1.165, 1.54) is 5.69 Å². The molecule has 0 bridgehead atoms. The number of hydrogen-bond donors (Lipinski definition) is 4. The highest BCUT2D eigenvalue weighted by Crippen LogP contribution is 2.29. The lowest BCUT2D eigenvalue weighted by atomic mass is 10.2. The Hall–Kier alpha value is -5.72. The molecule has 131 heavy (non-hydrogen) atoms.